The van der Waals surface area contributed by atoms with Crippen LogP contribution in [0.3, 0.4) is 0 Å². The molecule has 1 heterocycles. The van der Waals surface area contributed by atoms with Gasteiger partial charge < -0.3 is 15.3 Å². The highest BCUT2D eigenvalue weighted by Crippen LogP contribution is 2.25. The van der Waals surface area contributed by atoms with Crippen LogP contribution in [0.25, 0.3) is 0 Å². The zero-order valence-electron chi connectivity index (χ0n) is 13.0. The highest BCUT2D eigenvalue weighted by atomic mass is 16.6. The summed E-state index contributed by atoms with van der Waals surface area (Å²) in [5, 5.41) is 22.7. The number of nitro benzene ring substituents is 1. The van der Waals surface area contributed by atoms with Crippen LogP contribution in [0.5, 0.6) is 0 Å². The molecular weight excluding hydrogens is 302 g/mol. The van der Waals surface area contributed by atoms with Crippen molar-refractivity contribution in [2.24, 2.45) is 11.8 Å². The topological polar surface area (TPSA) is 113 Å². The SMILES string of the molecule is Cc1ccc(NC(=O)N2CC(C)CC(C(=O)O)C2)cc1[N+](=O)[O-]. The number of nitro groups is 1. The summed E-state index contributed by atoms with van der Waals surface area (Å²) in [5.41, 5.74) is 0.751. The lowest BCUT2D eigenvalue weighted by Gasteiger charge is -2.34. The van der Waals surface area contributed by atoms with Gasteiger partial charge in [-0.3, -0.25) is 14.9 Å². The van der Waals surface area contributed by atoms with Crippen LogP contribution in [0.4, 0.5) is 16.2 Å². The molecule has 8 heteroatoms. The number of carboxylic acid groups (broad SMARTS) is 1. The van der Waals surface area contributed by atoms with E-state index in [1.807, 2.05) is 6.92 Å². The number of piperidine rings is 1. The van der Waals surface area contributed by atoms with Gasteiger partial charge >= 0.3 is 12.0 Å². The molecule has 0 aromatic heterocycles. The predicted octanol–water partition coefficient (Wildman–Crippen LogP) is 2.48. The number of urea groups is 1. The molecule has 0 saturated carbocycles. The molecule has 1 aromatic rings. The average Bonchev–Trinajstić information content (AvgIpc) is 2.48. The fraction of sp³-hybridized carbons (Fsp3) is 0.467. The molecule has 2 atom stereocenters. The molecule has 1 aliphatic rings. The molecule has 1 aliphatic heterocycles. The molecule has 23 heavy (non-hydrogen) atoms. The number of carbonyl (C=O) groups excluding carboxylic acids is 1. The van der Waals surface area contributed by atoms with Gasteiger partial charge in [0.2, 0.25) is 0 Å². The van der Waals surface area contributed by atoms with Crippen molar-refractivity contribution in [1.29, 1.82) is 0 Å². The van der Waals surface area contributed by atoms with E-state index in [2.05, 4.69) is 5.32 Å². The monoisotopic (exact) mass is 321 g/mol. The lowest BCUT2D eigenvalue weighted by Crippen LogP contribution is -2.47. The minimum absolute atomic E-state index is 0.0711. The summed E-state index contributed by atoms with van der Waals surface area (Å²) in [6.45, 7) is 4.11. The Morgan fingerprint density at radius 1 is 1.39 bits per heavy atom. The molecular formula is C15H19N3O5. The molecule has 2 N–H and O–H groups in total. The first-order valence-corrected chi connectivity index (χ1v) is 7.31. The normalized spacial score (nSPS) is 20.9. The Morgan fingerprint density at radius 2 is 2.09 bits per heavy atom. The zero-order valence-corrected chi connectivity index (χ0v) is 13.0. The summed E-state index contributed by atoms with van der Waals surface area (Å²) in [5.74, 6) is -1.42. The minimum Gasteiger partial charge on any atom is -0.481 e. The second kappa shape index (κ2) is 6.64. The van der Waals surface area contributed by atoms with Crippen molar-refractivity contribution in [2.75, 3.05) is 18.4 Å². The van der Waals surface area contributed by atoms with E-state index < -0.39 is 22.8 Å². The molecule has 124 valence electrons. The number of aliphatic carboxylic acids is 1. The summed E-state index contributed by atoms with van der Waals surface area (Å²) in [4.78, 5) is 35.3. The summed E-state index contributed by atoms with van der Waals surface area (Å²) in [7, 11) is 0. The molecule has 0 bridgehead atoms. The van der Waals surface area contributed by atoms with E-state index in [0.717, 1.165) is 0 Å². The Labute approximate surface area is 133 Å². The van der Waals surface area contributed by atoms with Crippen LogP contribution < -0.4 is 5.32 Å². The minimum atomic E-state index is -0.916. The number of rotatable bonds is 3. The maximum Gasteiger partial charge on any atom is 0.321 e. The number of aryl methyl sites for hydroxylation is 1. The van der Waals surface area contributed by atoms with E-state index in [1.54, 1.807) is 19.1 Å². The standard InChI is InChI=1S/C15H19N3O5/c1-9-5-11(14(19)20)8-17(7-9)15(21)16-12-4-3-10(2)13(6-12)18(22)23/h3-4,6,9,11H,5,7-8H2,1-2H3,(H,16,21)(H,19,20). The van der Waals surface area contributed by atoms with E-state index in [-0.39, 0.29) is 18.2 Å². The van der Waals surface area contributed by atoms with Crippen LogP contribution in [0.1, 0.15) is 18.9 Å². The number of anilines is 1. The van der Waals surface area contributed by atoms with Gasteiger partial charge in [-0.05, 0) is 25.3 Å². The Bertz CT molecular complexity index is 646. The smallest absolute Gasteiger partial charge is 0.321 e. The van der Waals surface area contributed by atoms with Crippen LogP contribution in [0.15, 0.2) is 18.2 Å². The molecule has 0 radical (unpaired) electrons. The van der Waals surface area contributed by atoms with Gasteiger partial charge in [-0.25, -0.2) is 4.79 Å². The Hall–Kier alpha value is -2.64. The fourth-order valence-electron chi connectivity index (χ4n) is 2.78. The second-order valence-corrected chi connectivity index (χ2v) is 5.97. The third-order valence-corrected chi connectivity index (χ3v) is 3.95. The number of nitrogens with one attached hydrogen (secondary N) is 1. The van der Waals surface area contributed by atoms with Gasteiger partial charge in [-0.15, -0.1) is 0 Å². The van der Waals surface area contributed by atoms with Gasteiger partial charge in [-0.2, -0.15) is 0 Å². The van der Waals surface area contributed by atoms with Crippen LogP contribution in [-0.4, -0.2) is 40.0 Å². The van der Waals surface area contributed by atoms with Crippen LogP contribution in [-0.2, 0) is 4.79 Å². The molecule has 2 amide bonds. The highest BCUT2D eigenvalue weighted by Gasteiger charge is 2.32. The molecule has 2 rings (SSSR count). The lowest BCUT2D eigenvalue weighted by molar-refractivity contribution is -0.385. The molecule has 2 unspecified atom stereocenters. The Balaban J connectivity index is 2.11. The van der Waals surface area contributed by atoms with Crippen molar-refractivity contribution in [3.05, 3.63) is 33.9 Å². The van der Waals surface area contributed by atoms with Gasteiger partial charge in [0, 0.05) is 30.4 Å². The van der Waals surface area contributed by atoms with Crippen molar-refractivity contribution < 1.29 is 19.6 Å². The van der Waals surface area contributed by atoms with Gasteiger partial charge in [0.15, 0.2) is 0 Å². The maximum absolute atomic E-state index is 12.3. The summed E-state index contributed by atoms with van der Waals surface area (Å²) >= 11 is 0. The van der Waals surface area contributed by atoms with Gasteiger partial charge in [0.1, 0.15) is 0 Å². The quantitative estimate of drug-likeness (QED) is 0.656. The van der Waals surface area contributed by atoms with Crippen molar-refractivity contribution in [1.82, 2.24) is 4.90 Å². The van der Waals surface area contributed by atoms with Crippen molar-refractivity contribution in [2.45, 2.75) is 20.3 Å². The molecule has 1 aromatic carbocycles. The largest absolute Gasteiger partial charge is 0.481 e. The molecule has 0 aliphatic carbocycles. The van der Waals surface area contributed by atoms with E-state index in [4.69, 9.17) is 5.11 Å². The van der Waals surface area contributed by atoms with Crippen molar-refractivity contribution in [3.8, 4) is 0 Å². The average molecular weight is 321 g/mol. The van der Waals surface area contributed by atoms with E-state index in [1.165, 1.54) is 11.0 Å². The third kappa shape index (κ3) is 3.97. The summed E-state index contributed by atoms with van der Waals surface area (Å²) in [6.07, 6.45) is 0.537. The zero-order chi connectivity index (χ0) is 17.1. The Kier molecular flexibility index (Phi) is 4.83. The second-order valence-electron chi connectivity index (χ2n) is 5.97. The van der Waals surface area contributed by atoms with Crippen molar-refractivity contribution in [3.63, 3.8) is 0 Å². The van der Waals surface area contributed by atoms with Gasteiger partial charge in [0.25, 0.3) is 5.69 Å². The number of benzene rings is 1. The lowest BCUT2D eigenvalue weighted by atomic mass is 9.91. The van der Waals surface area contributed by atoms with Crippen LogP contribution >= 0.6 is 0 Å². The molecule has 8 nitrogen and oxygen atoms in total. The first-order valence-electron chi connectivity index (χ1n) is 7.31. The van der Waals surface area contributed by atoms with E-state index in [0.29, 0.717) is 24.2 Å². The number of carbonyl (C=O) groups is 2. The number of amides is 2. The molecule has 0 spiro atoms. The number of hydrogen-bond acceptors (Lipinski definition) is 4. The highest BCUT2D eigenvalue weighted by molar-refractivity contribution is 5.90. The fourth-order valence-corrected chi connectivity index (χ4v) is 2.78. The summed E-state index contributed by atoms with van der Waals surface area (Å²) < 4.78 is 0. The van der Waals surface area contributed by atoms with Crippen LogP contribution in [0, 0.1) is 28.9 Å². The molecule has 1 fully saturated rings. The molecule has 1 saturated heterocycles. The maximum atomic E-state index is 12.3. The number of likely N-dealkylation sites (tertiary alicyclic amines) is 1. The third-order valence-electron chi connectivity index (χ3n) is 3.95. The van der Waals surface area contributed by atoms with E-state index >= 15 is 0 Å². The number of carboxylic acids is 1. The van der Waals surface area contributed by atoms with E-state index in [9.17, 15) is 19.7 Å². The van der Waals surface area contributed by atoms with Gasteiger partial charge in [0.05, 0.1) is 10.8 Å². The number of hydrogen-bond donors (Lipinski definition) is 2. The van der Waals surface area contributed by atoms with Crippen LogP contribution in [0.2, 0.25) is 0 Å². The van der Waals surface area contributed by atoms with Gasteiger partial charge in [-0.1, -0.05) is 13.0 Å². The van der Waals surface area contributed by atoms with Crippen molar-refractivity contribution >= 4 is 23.4 Å². The Morgan fingerprint density at radius 3 is 2.70 bits per heavy atom. The first kappa shape index (κ1) is 16.7. The number of nitrogens with zero attached hydrogens (tertiary/aromatic N) is 2. The predicted molar refractivity (Wildman–Crippen MR) is 83.3 cm³/mol. The summed E-state index contributed by atoms with van der Waals surface area (Å²) in [6, 6.07) is 4.01. The first-order chi connectivity index (χ1) is 10.8.